The van der Waals surface area contributed by atoms with Gasteiger partial charge in [-0.3, -0.25) is 9.69 Å². The molecule has 0 saturated heterocycles. The Morgan fingerprint density at radius 1 is 1.36 bits per heavy atom. The molecule has 1 aliphatic heterocycles. The van der Waals surface area contributed by atoms with Crippen molar-refractivity contribution >= 4 is 17.2 Å². The molecule has 3 rings (SSSR count). The number of benzene rings is 1. The second kappa shape index (κ2) is 6.58. The average Bonchev–Trinajstić information content (AvgIpc) is 3.00. The molecular formula is C17H19FN2OS. The monoisotopic (exact) mass is 318 g/mol. The first-order valence-electron chi connectivity index (χ1n) is 7.45. The van der Waals surface area contributed by atoms with Crippen molar-refractivity contribution in [2.24, 2.45) is 0 Å². The van der Waals surface area contributed by atoms with Gasteiger partial charge in [-0.15, -0.1) is 11.3 Å². The summed E-state index contributed by atoms with van der Waals surface area (Å²) in [7, 11) is 0. The Hall–Kier alpha value is -1.72. The summed E-state index contributed by atoms with van der Waals surface area (Å²) in [6, 6.07) is 8.20. The van der Waals surface area contributed by atoms with Gasteiger partial charge in [-0.25, -0.2) is 4.39 Å². The predicted octanol–water partition coefficient (Wildman–Crippen LogP) is 2.95. The summed E-state index contributed by atoms with van der Waals surface area (Å²) >= 11 is 1.80. The van der Waals surface area contributed by atoms with E-state index in [2.05, 4.69) is 21.7 Å². The molecule has 1 atom stereocenters. The Balaban J connectivity index is 1.55. The number of halogens is 1. The Kier molecular flexibility index (Phi) is 4.55. The molecular weight excluding hydrogens is 299 g/mol. The highest BCUT2D eigenvalue weighted by atomic mass is 32.1. The summed E-state index contributed by atoms with van der Waals surface area (Å²) in [5.41, 5.74) is 2.25. The summed E-state index contributed by atoms with van der Waals surface area (Å²) < 4.78 is 12.9. The minimum Gasteiger partial charge on any atom is -0.351 e. The molecule has 0 saturated carbocycles. The highest BCUT2D eigenvalue weighted by Gasteiger charge is 2.25. The van der Waals surface area contributed by atoms with E-state index in [1.165, 1.54) is 22.6 Å². The Morgan fingerprint density at radius 3 is 2.91 bits per heavy atom. The summed E-state index contributed by atoms with van der Waals surface area (Å²) in [6.07, 6.45) is 1.02. The van der Waals surface area contributed by atoms with Gasteiger partial charge in [0.1, 0.15) is 5.82 Å². The van der Waals surface area contributed by atoms with Crippen molar-refractivity contribution < 1.29 is 9.18 Å². The van der Waals surface area contributed by atoms with Crippen molar-refractivity contribution in [3.05, 3.63) is 57.5 Å². The van der Waals surface area contributed by atoms with Gasteiger partial charge in [-0.05, 0) is 48.1 Å². The number of nitrogens with one attached hydrogen (secondary N) is 1. The third-order valence-corrected chi connectivity index (χ3v) is 5.17. The van der Waals surface area contributed by atoms with E-state index in [1.54, 1.807) is 23.5 Å². The Morgan fingerprint density at radius 2 is 2.14 bits per heavy atom. The van der Waals surface area contributed by atoms with Crippen LogP contribution < -0.4 is 5.32 Å². The maximum atomic E-state index is 12.9. The van der Waals surface area contributed by atoms with Crippen molar-refractivity contribution in [3.8, 4) is 0 Å². The number of nitrogens with zero attached hydrogens (tertiary/aromatic N) is 1. The van der Waals surface area contributed by atoms with E-state index in [1.807, 2.05) is 6.92 Å². The Bertz CT molecular complexity index is 653. The first-order valence-corrected chi connectivity index (χ1v) is 8.33. The molecule has 2 aromatic rings. The first-order chi connectivity index (χ1) is 10.6. The van der Waals surface area contributed by atoms with Crippen LogP contribution in [-0.2, 0) is 24.3 Å². The third kappa shape index (κ3) is 3.36. The maximum absolute atomic E-state index is 12.9. The van der Waals surface area contributed by atoms with Crippen LogP contribution in [0.15, 0.2) is 35.7 Å². The SMILES string of the molecule is CC(C(=O)NCc1ccc(F)cc1)N1CCc2sccc2C1. The summed E-state index contributed by atoms with van der Waals surface area (Å²) in [6.45, 7) is 4.13. The molecule has 3 nitrogen and oxygen atoms in total. The number of hydrogen-bond donors (Lipinski definition) is 1. The molecule has 1 N–H and O–H groups in total. The molecule has 1 aromatic heterocycles. The number of carbonyl (C=O) groups excluding carboxylic acids is 1. The van der Waals surface area contributed by atoms with Gasteiger partial charge in [-0.1, -0.05) is 12.1 Å². The van der Waals surface area contributed by atoms with Gasteiger partial charge in [-0.2, -0.15) is 0 Å². The normalized spacial score (nSPS) is 16.1. The molecule has 0 aliphatic carbocycles. The fraction of sp³-hybridized carbons (Fsp3) is 0.353. The van der Waals surface area contributed by atoms with Crippen LogP contribution in [0.2, 0.25) is 0 Å². The second-order valence-electron chi connectivity index (χ2n) is 5.61. The molecule has 116 valence electrons. The number of rotatable bonds is 4. The highest BCUT2D eigenvalue weighted by molar-refractivity contribution is 7.10. The smallest absolute Gasteiger partial charge is 0.237 e. The van der Waals surface area contributed by atoms with E-state index < -0.39 is 0 Å². The van der Waals surface area contributed by atoms with E-state index in [-0.39, 0.29) is 17.8 Å². The van der Waals surface area contributed by atoms with Gasteiger partial charge in [0.05, 0.1) is 6.04 Å². The molecule has 2 heterocycles. The van der Waals surface area contributed by atoms with Crippen LogP contribution in [0.5, 0.6) is 0 Å². The lowest BCUT2D eigenvalue weighted by Gasteiger charge is -2.31. The average molecular weight is 318 g/mol. The van der Waals surface area contributed by atoms with Gasteiger partial charge in [0, 0.05) is 24.5 Å². The quantitative estimate of drug-likeness (QED) is 0.940. The van der Waals surface area contributed by atoms with Gasteiger partial charge in [0.25, 0.3) is 0 Å². The molecule has 1 aromatic carbocycles. The fourth-order valence-corrected chi connectivity index (χ4v) is 3.60. The number of hydrogen-bond acceptors (Lipinski definition) is 3. The molecule has 1 unspecified atom stereocenters. The number of thiophene rings is 1. The zero-order valence-corrected chi connectivity index (χ0v) is 13.3. The molecule has 1 aliphatic rings. The standard InChI is InChI=1S/C17H19FN2OS/c1-12(20-8-6-16-14(11-20)7-9-22-16)17(21)19-10-13-2-4-15(18)5-3-13/h2-5,7,9,12H,6,8,10-11H2,1H3,(H,19,21). The summed E-state index contributed by atoms with van der Waals surface area (Å²) in [5, 5.41) is 5.05. The minimum atomic E-state index is -0.261. The van der Waals surface area contributed by atoms with Crippen molar-refractivity contribution in [1.82, 2.24) is 10.2 Å². The van der Waals surface area contributed by atoms with Gasteiger partial charge in [0.2, 0.25) is 5.91 Å². The van der Waals surface area contributed by atoms with E-state index in [4.69, 9.17) is 0 Å². The second-order valence-corrected chi connectivity index (χ2v) is 6.61. The molecule has 0 bridgehead atoms. The van der Waals surface area contributed by atoms with E-state index in [0.717, 1.165) is 25.1 Å². The summed E-state index contributed by atoms with van der Waals surface area (Å²) in [4.78, 5) is 16.0. The van der Waals surface area contributed by atoms with Gasteiger partial charge in [0.15, 0.2) is 0 Å². The zero-order valence-electron chi connectivity index (χ0n) is 12.5. The molecule has 0 fully saturated rings. The largest absolute Gasteiger partial charge is 0.351 e. The van der Waals surface area contributed by atoms with Crippen LogP contribution in [0.1, 0.15) is 22.9 Å². The topological polar surface area (TPSA) is 32.3 Å². The van der Waals surface area contributed by atoms with Crippen LogP contribution in [-0.4, -0.2) is 23.4 Å². The van der Waals surface area contributed by atoms with Crippen molar-refractivity contribution in [2.75, 3.05) is 6.54 Å². The van der Waals surface area contributed by atoms with Crippen LogP contribution >= 0.6 is 11.3 Å². The first kappa shape index (κ1) is 15.2. The van der Waals surface area contributed by atoms with Crippen LogP contribution in [0.25, 0.3) is 0 Å². The highest BCUT2D eigenvalue weighted by Crippen LogP contribution is 2.25. The van der Waals surface area contributed by atoms with Crippen LogP contribution in [0, 0.1) is 5.82 Å². The third-order valence-electron chi connectivity index (χ3n) is 4.14. The van der Waals surface area contributed by atoms with Crippen LogP contribution in [0.3, 0.4) is 0 Å². The summed E-state index contributed by atoms with van der Waals surface area (Å²) in [5.74, 6) is -0.244. The predicted molar refractivity (Wildman–Crippen MR) is 86.1 cm³/mol. The molecule has 22 heavy (non-hydrogen) atoms. The fourth-order valence-electron chi connectivity index (χ4n) is 2.71. The molecule has 1 amide bonds. The van der Waals surface area contributed by atoms with E-state index >= 15 is 0 Å². The molecule has 5 heteroatoms. The van der Waals surface area contributed by atoms with Gasteiger partial charge < -0.3 is 5.32 Å². The molecule has 0 spiro atoms. The molecule has 0 radical (unpaired) electrons. The van der Waals surface area contributed by atoms with Crippen LogP contribution in [0.4, 0.5) is 4.39 Å². The lowest BCUT2D eigenvalue weighted by molar-refractivity contribution is -0.126. The van der Waals surface area contributed by atoms with E-state index in [9.17, 15) is 9.18 Å². The number of fused-ring (bicyclic) bond motifs is 1. The van der Waals surface area contributed by atoms with Crippen molar-refractivity contribution in [2.45, 2.75) is 32.5 Å². The maximum Gasteiger partial charge on any atom is 0.237 e. The Labute approximate surface area is 133 Å². The van der Waals surface area contributed by atoms with Crippen molar-refractivity contribution in [1.29, 1.82) is 0 Å². The van der Waals surface area contributed by atoms with Crippen molar-refractivity contribution in [3.63, 3.8) is 0 Å². The lowest BCUT2D eigenvalue weighted by atomic mass is 10.1. The zero-order chi connectivity index (χ0) is 15.5. The number of amides is 1. The minimum absolute atomic E-state index is 0.0167. The van der Waals surface area contributed by atoms with E-state index in [0.29, 0.717) is 6.54 Å². The van der Waals surface area contributed by atoms with Gasteiger partial charge >= 0.3 is 0 Å². The lowest BCUT2D eigenvalue weighted by Crippen LogP contribution is -2.46. The number of carbonyl (C=O) groups is 1.